The number of anilines is 2. The van der Waals surface area contributed by atoms with Crippen molar-refractivity contribution in [3.63, 3.8) is 0 Å². The summed E-state index contributed by atoms with van der Waals surface area (Å²) in [5, 5.41) is 31.2. The van der Waals surface area contributed by atoms with E-state index in [1.54, 1.807) is 88.4 Å². The molecule has 2 bridgehead atoms. The zero-order chi connectivity index (χ0) is 60.3. The van der Waals surface area contributed by atoms with Crippen LogP contribution in [0.25, 0.3) is 6.08 Å². The van der Waals surface area contributed by atoms with Crippen LogP contribution in [0.2, 0.25) is 13.1 Å². The largest absolute Gasteiger partial charge is 0.456 e. The van der Waals surface area contributed by atoms with E-state index in [0.717, 1.165) is 32.9 Å². The number of aliphatic hydroxyl groups excluding tert-OH is 1. The van der Waals surface area contributed by atoms with Crippen molar-refractivity contribution in [3.8, 4) is 0 Å². The smallest absolute Gasteiger partial charge is 0.338 e. The van der Waals surface area contributed by atoms with Gasteiger partial charge in [0.15, 0.2) is 23.3 Å². The number of ether oxygens (including phenoxy) is 6. The maximum atomic E-state index is 15.8. The highest BCUT2D eigenvalue weighted by Gasteiger charge is 2.78. The Morgan fingerprint density at radius 2 is 1.52 bits per heavy atom. The van der Waals surface area contributed by atoms with Gasteiger partial charge in [0, 0.05) is 96.5 Å². The molecule has 3 fully saturated rings. The van der Waals surface area contributed by atoms with Crippen LogP contribution < -0.4 is 25.5 Å². The first-order valence-electron chi connectivity index (χ1n) is 28.4. The van der Waals surface area contributed by atoms with Gasteiger partial charge in [0.25, 0.3) is 0 Å². The maximum absolute atomic E-state index is 15.8. The van der Waals surface area contributed by atoms with E-state index in [-0.39, 0.29) is 36.4 Å². The van der Waals surface area contributed by atoms with Gasteiger partial charge in [-0.15, -0.1) is 0 Å². The van der Waals surface area contributed by atoms with Crippen LogP contribution in [-0.2, 0) is 47.6 Å². The van der Waals surface area contributed by atoms with Gasteiger partial charge in [-0.2, -0.15) is 0 Å². The Labute approximate surface area is 487 Å². The number of carbonyl (C=O) groups excluding carboxylic acids is 6. The molecule has 1 amide bonds. The number of aliphatic hydroxyl groups is 2. The van der Waals surface area contributed by atoms with E-state index in [1.807, 2.05) is 68.3 Å². The predicted molar refractivity (Wildman–Crippen MR) is 317 cm³/mol. The monoisotopic (exact) mass is 1150 g/mol. The molecule has 18 heteroatoms. The summed E-state index contributed by atoms with van der Waals surface area (Å²) in [5.74, 6) is -5.01. The number of unbranched alkanes of at least 4 members (excludes halogenated alkanes) is 1. The molecule has 0 radical (unpaired) electrons. The van der Waals surface area contributed by atoms with Crippen LogP contribution in [0, 0.1) is 16.7 Å². The Morgan fingerprint density at radius 3 is 2.12 bits per heavy atom. The van der Waals surface area contributed by atoms with E-state index in [4.69, 9.17) is 28.4 Å². The third-order valence-corrected chi connectivity index (χ3v) is 22.3. The van der Waals surface area contributed by atoms with Crippen molar-refractivity contribution in [3.05, 3.63) is 136 Å². The first-order chi connectivity index (χ1) is 39.2. The summed E-state index contributed by atoms with van der Waals surface area (Å²) in [6.07, 6.45) is -3.77. The number of fused-ring (bicyclic) bond motifs is 7. The standard InChI is InChI=1S/C65H79N3O14Si/c1-37-45(35-65(76)59(81-60(74)40-25-19-15-20-26-40)57-63(5,58(73)56(78-11)52(37)62(65,3)4)48(77-10)34-49-64(57,36-79-49)82-38(2)69)80-61(75)55(72)53(39-23-17-14-18-24-39)66-50(70)28-22-16-21-27-41-31-43(68(8)9)33-47-51(41)54(71)44-30-29-42(67(6)7)32-46(44)83(47,12)13/h14-15,17-21,23-27,29-33,45,48-49,53,55-57,59,72,76H,16,22,28,34-36H2,1-13H3,(H,66,70)/b27-21+/t45-,48-,49+,53-,55+,56+,57-,59-,63+,64-,65+/m0/s1. The number of nitrogens with one attached hydrogen (secondary N) is 1. The molecule has 2 saturated carbocycles. The Morgan fingerprint density at radius 1 is 0.867 bits per heavy atom. The molecule has 17 nitrogen and oxygen atoms in total. The summed E-state index contributed by atoms with van der Waals surface area (Å²) >= 11 is 0. The highest BCUT2D eigenvalue weighted by atomic mass is 28.3. The molecule has 0 spiro atoms. The van der Waals surface area contributed by atoms with E-state index in [2.05, 4.69) is 30.5 Å². The average molecular weight is 1150 g/mol. The molecule has 83 heavy (non-hydrogen) atoms. The molecular weight excluding hydrogens is 1070 g/mol. The Bertz CT molecular complexity index is 3270. The van der Waals surface area contributed by atoms with Gasteiger partial charge in [0.1, 0.15) is 38.1 Å². The van der Waals surface area contributed by atoms with Crippen molar-refractivity contribution in [1.82, 2.24) is 5.32 Å². The van der Waals surface area contributed by atoms with E-state index in [1.165, 1.54) is 21.1 Å². The number of rotatable bonds is 17. The van der Waals surface area contributed by atoms with E-state index < -0.39 is 115 Å². The van der Waals surface area contributed by atoms with Crippen molar-refractivity contribution in [2.24, 2.45) is 16.7 Å². The highest BCUT2D eigenvalue weighted by molar-refractivity contribution is 7.02. The lowest BCUT2D eigenvalue weighted by molar-refractivity contribution is -0.347. The topological polar surface area (TPSA) is 217 Å². The van der Waals surface area contributed by atoms with E-state index >= 15 is 4.79 Å². The zero-order valence-corrected chi connectivity index (χ0v) is 50.9. The molecule has 3 N–H and O–H groups in total. The fourth-order valence-electron chi connectivity index (χ4n) is 14.1. The minimum Gasteiger partial charge on any atom is -0.456 e. The van der Waals surface area contributed by atoms with Crippen molar-refractivity contribution < 1.29 is 67.4 Å². The van der Waals surface area contributed by atoms with Crippen LogP contribution in [0.3, 0.4) is 0 Å². The Balaban J connectivity index is 0.995. The van der Waals surface area contributed by atoms with Crippen molar-refractivity contribution in [2.45, 2.75) is 134 Å². The van der Waals surface area contributed by atoms with Crippen LogP contribution in [0.1, 0.15) is 110 Å². The summed E-state index contributed by atoms with van der Waals surface area (Å²) in [6.45, 7) is 12.3. The van der Waals surface area contributed by atoms with Crippen molar-refractivity contribution in [1.29, 1.82) is 0 Å². The molecule has 442 valence electrons. The number of hydrogen-bond acceptors (Lipinski definition) is 16. The highest BCUT2D eigenvalue weighted by Crippen LogP contribution is 2.65. The van der Waals surface area contributed by atoms with Gasteiger partial charge in [-0.1, -0.05) is 87.6 Å². The summed E-state index contributed by atoms with van der Waals surface area (Å²) in [7, 11) is 8.39. The fourth-order valence-corrected chi connectivity index (χ4v) is 17.1. The Hall–Kier alpha value is -6.80. The van der Waals surface area contributed by atoms with Crippen molar-refractivity contribution in [2.75, 3.05) is 58.8 Å². The first-order valence-corrected chi connectivity index (χ1v) is 31.4. The van der Waals surface area contributed by atoms with Crippen LogP contribution in [-0.4, -0.2) is 151 Å². The van der Waals surface area contributed by atoms with Gasteiger partial charge in [-0.05, 0) is 102 Å². The minimum atomic E-state index is -2.35. The lowest BCUT2D eigenvalue weighted by Gasteiger charge is -2.67. The molecule has 4 aromatic carbocycles. The molecule has 2 aliphatic heterocycles. The number of carbonyl (C=O) groups is 6. The van der Waals surface area contributed by atoms with Gasteiger partial charge < -0.3 is 53.8 Å². The number of Topliss-reactive ketones (excluding diaryl/α,β-unsaturated/α-hetero) is 1. The van der Waals surface area contributed by atoms with Crippen molar-refractivity contribution >= 4 is 71.3 Å². The number of amides is 1. The van der Waals surface area contributed by atoms with E-state index in [9.17, 15) is 34.2 Å². The van der Waals surface area contributed by atoms with Gasteiger partial charge in [0.2, 0.25) is 5.91 Å². The zero-order valence-electron chi connectivity index (χ0n) is 49.9. The lowest BCUT2D eigenvalue weighted by Crippen LogP contribution is -2.82. The number of esters is 3. The predicted octanol–water partition coefficient (Wildman–Crippen LogP) is 6.54. The number of ketones is 2. The third kappa shape index (κ3) is 10.4. The summed E-state index contributed by atoms with van der Waals surface area (Å²) in [6, 6.07) is 25.6. The molecule has 9 rings (SSSR count). The number of allylic oxidation sites excluding steroid dienone is 1. The number of nitrogens with zero attached hydrogens (tertiary/aromatic N) is 2. The average Bonchev–Trinajstić information content (AvgIpc) is 0.735. The molecule has 4 aromatic rings. The SMILES string of the molecule is CO[C@H]1C(=O)[C@]2(C)[C@@H](OC)C[C@H]3OC[C@@]3(OC(C)=O)[C@H]2[C@H](OC(=O)c2ccccc2)[C@]2(O)C[C@H](OC(=O)[C@H](O)[C@@H](NC(=O)CCC/C=C/c3cc(N(C)C)cc4c3C(=O)c3ccc(N(C)C)cc3[Si]4(C)C)c3ccccc3)C(C)=C1C2(C)C. The molecule has 0 unspecified atom stereocenters. The van der Waals surface area contributed by atoms with E-state index in [0.29, 0.717) is 29.5 Å². The van der Waals surface area contributed by atoms with Crippen LogP contribution in [0.15, 0.2) is 108 Å². The molecular formula is C65H79N3O14Si. The van der Waals surface area contributed by atoms with Crippen LogP contribution >= 0.6 is 0 Å². The third-order valence-electron chi connectivity index (χ3n) is 18.8. The van der Waals surface area contributed by atoms with Gasteiger partial charge in [-0.25, -0.2) is 9.59 Å². The second-order valence-corrected chi connectivity index (χ2v) is 29.0. The van der Waals surface area contributed by atoms with Crippen LogP contribution in [0.5, 0.6) is 0 Å². The molecule has 11 atom stereocenters. The molecule has 1 saturated heterocycles. The van der Waals surface area contributed by atoms with Gasteiger partial charge >= 0.3 is 17.9 Å². The summed E-state index contributed by atoms with van der Waals surface area (Å²) in [5.41, 5.74) is -1.66. The van der Waals surface area contributed by atoms with Gasteiger partial charge in [0.05, 0.1) is 35.6 Å². The number of hydrogen-bond donors (Lipinski definition) is 3. The second-order valence-electron chi connectivity index (χ2n) is 24.6. The normalized spacial score (nSPS) is 28.1. The first kappa shape index (κ1) is 60.8. The number of methoxy groups -OCH3 is 2. The molecule has 3 aliphatic carbocycles. The quantitative estimate of drug-likeness (QED) is 0.0336. The molecule has 2 heterocycles. The maximum Gasteiger partial charge on any atom is 0.338 e. The summed E-state index contributed by atoms with van der Waals surface area (Å²) < 4.78 is 37.5. The second kappa shape index (κ2) is 23.0. The van der Waals surface area contributed by atoms with Crippen LogP contribution in [0.4, 0.5) is 11.4 Å². The molecule has 0 aromatic heterocycles. The van der Waals surface area contributed by atoms with Gasteiger partial charge in [-0.3, -0.25) is 19.2 Å². The minimum absolute atomic E-state index is 0.0158. The lowest BCUT2D eigenvalue weighted by atomic mass is 9.44. The fraction of sp³-hybridized carbons (Fsp3) is 0.477. The summed E-state index contributed by atoms with van der Waals surface area (Å²) in [4.78, 5) is 90.7. The molecule has 5 aliphatic rings. The Kier molecular flexibility index (Phi) is 16.8. The number of benzene rings is 4.